The first kappa shape index (κ1) is 17.4. The van der Waals surface area contributed by atoms with Crippen LogP contribution in [-0.4, -0.2) is 62.9 Å². The fraction of sp³-hybridized carbons (Fsp3) is 0.933. The van der Waals surface area contributed by atoms with Gasteiger partial charge in [0.15, 0.2) is 0 Å². The van der Waals surface area contributed by atoms with Crippen molar-refractivity contribution >= 4 is 5.97 Å². The van der Waals surface area contributed by atoms with Crippen LogP contribution in [0.3, 0.4) is 0 Å². The van der Waals surface area contributed by atoms with Crippen molar-refractivity contribution in [3.8, 4) is 0 Å². The van der Waals surface area contributed by atoms with Gasteiger partial charge in [0.25, 0.3) is 0 Å². The first-order valence-corrected chi connectivity index (χ1v) is 7.55. The van der Waals surface area contributed by atoms with Crippen LogP contribution >= 0.6 is 0 Å². The van der Waals surface area contributed by atoms with Gasteiger partial charge in [-0.3, -0.25) is 9.69 Å². The summed E-state index contributed by atoms with van der Waals surface area (Å²) in [5.74, 6) is -0.124. The number of ether oxygens (including phenoxy) is 2. The monoisotopic (exact) mass is 286 g/mol. The number of rotatable bonds is 8. The number of methoxy groups -OCH3 is 2. The van der Waals surface area contributed by atoms with Crippen LogP contribution < -0.4 is 5.32 Å². The van der Waals surface area contributed by atoms with Crippen LogP contribution in [0.5, 0.6) is 0 Å². The molecule has 0 aromatic heterocycles. The number of esters is 1. The summed E-state index contributed by atoms with van der Waals surface area (Å²) in [5.41, 5.74) is -0.503. The summed E-state index contributed by atoms with van der Waals surface area (Å²) in [5, 5.41) is 3.42. The molecule has 0 heterocycles. The van der Waals surface area contributed by atoms with Gasteiger partial charge in [-0.2, -0.15) is 0 Å². The quantitative estimate of drug-likeness (QED) is 0.684. The second-order valence-corrected chi connectivity index (χ2v) is 5.87. The molecule has 1 N–H and O–H groups in total. The van der Waals surface area contributed by atoms with Crippen LogP contribution in [0.15, 0.2) is 0 Å². The zero-order valence-electron chi connectivity index (χ0n) is 13.6. The van der Waals surface area contributed by atoms with Crippen LogP contribution in [0.25, 0.3) is 0 Å². The Morgan fingerprint density at radius 3 is 2.75 bits per heavy atom. The lowest BCUT2D eigenvalue weighted by atomic mass is 9.96. The standard InChI is InChI=1S/C15H30N2O3/c1-6-9-16-15(14(18)20-5)8-7-13(10-15)17(3)12(2)11-19-4/h12-13,16H,6-11H2,1-5H3. The predicted molar refractivity (Wildman–Crippen MR) is 79.8 cm³/mol. The molecule has 0 aromatic carbocycles. The SMILES string of the molecule is CCCNC1(C(=O)OC)CCC(N(C)C(C)COC)C1. The normalized spacial score (nSPS) is 27.8. The van der Waals surface area contributed by atoms with Crippen LogP contribution in [-0.2, 0) is 14.3 Å². The molecule has 1 aliphatic rings. The van der Waals surface area contributed by atoms with Gasteiger partial charge in [-0.15, -0.1) is 0 Å². The van der Waals surface area contributed by atoms with Crippen molar-refractivity contribution in [2.45, 2.75) is 57.2 Å². The van der Waals surface area contributed by atoms with Gasteiger partial charge in [-0.05, 0) is 46.2 Å². The lowest BCUT2D eigenvalue weighted by molar-refractivity contribution is -0.148. The zero-order valence-corrected chi connectivity index (χ0v) is 13.6. The van der Waals surface area contributed by atoms with Crippen molar-refractivity contribution < 1.29 is 14.3 Å². The van der Waals surface area contributed by atoms with Crippen molar-refractivity contribution in [1.82, 2.24) is 10.2 Å². The van der Waals surface area contributed by atoms with Gasteiger partial charge in [-0.1, -0.05) is 6.92 Å². The van der Waals surface area contributed by atoms with E-state index in [-0.39, 0.29) is 5.97 Å². The Balaban J connectivity index is 2.71. The third kappa shape index (κ3) is 3.93. The number of hydrogen-bond acceptors (Lipinski definition) is 5. The molecule has 1 rings (SSSR count). The topological polar surface area (TPSA) is 50.8 Å². The summed E-state index contributed by atoms with van der Waals surface area (Å²) in [4.78, 5) is 14.5. The third-order valence-corrected chi connectivity index (χ3v) is 4.46. The molecule has 0 saturated heterocycles. The number of carbonyl (C=O) groups excluding carboxylic acids is 1. The molecule has 0 amide bonds. The van der Waals surface area contributed by atoms with E-state index < -0.39 is 5.54 Å². The van der Waals surface area contributed by atoms with Crippen LogP contribution in [0.1, 0.15) is 39.5 Å². The van der Waals surface area contributed by atoms with E-state index in [0.29, 0.717) is 18.7 Å². The number of nitrogens with one attached hydrogen (secondary N) is 1. The molecule has 0 radical (unpaired) electrons. The molecule has 1 aliphatic carbocycles. The molecule has 20 heavy (non-hydrogen) atoms. The van der Waals surface area contributed by atoms with Gasteiger partial charge < -0.3 is 14.8 Å². The van der Waals surface area contributed by atoms with E-state index in [1.165, 1.54) is 7.11 Å². The summed E-state index contributed by atoms with van der Waals surface area (Å²) in [6.45, 7) is 5.82. The minimum Gasteiger partial charge on any atom is -0.468 e. The molecule has 0 bridgehead atoms. The van der Waals surface area contributed by atoms with Gasteiger partial charge in [-0.25, -0.2) is 0 Å². The van der Waals surface area contributed by atoms with Crippen molar-refractivity contribution in [1.29, 1.82) is 0 Å². The second kappa shape index (κ2) is 7.96. The van der Waals surface area contributed by atoms with E-state index in [9.17, 15) is 4.79 Å². The fourth-order valence-corrected chi connectivity index (χ4v) is 3.06. The molecule has 5 nitrogen and oxygen atoms in total. The van der Waals surface area contributed by atoms with Crippen molar-refractivity contribution in [2.75, 3.05) is 34.4 Å². The molecule has 1 fully saturated rings. The Morgan fingerprint density at radius 2 is 2.20 bits per heavy atom. The first-order chi connectivity index (χ1) is 9.50. The molecule has 3 unspecified atom stereocenters. The Labute approximate surface area is 123 Å². The average molecular weight is 286 g/mol. The number of likely N-dealkylation sites (N-methyl/N-ethyl adjacent to an activating group) is 1. The largest absolute Gasteiger partial charge is 0.468 e. The van der Waals surface area contributed by atoms with Gasteiger partial charge in [0.1, 0.15) is 5.54 Å². The summed E-state index contributed by atoms with van der Waals surface area (Å²) in [6, 6.07) is 0.744. The minimum atomic E-state index is -0.503. The summed E-state index contributed by atoms with van der Waals surface area (Å²) >= 11 is 0. The molecule has 3 atom stereocenters. The maximum atomic E-state index is 12.2. The van der Waals surface area contributed by atoms with Gasteiger partial charge in [0.2, 0.25) is 0 Å². The Bertz CT molecular complexity index is 311. The van der Waals surface area contributed by atoms with Crippen LogP contribution in [0.2, 0.25) is 0 Å². The summed E-state index contributed by atoms with van der Waals surface area (Å²) in [6.07, 6.45) is 3.67. The average Bonchev–Trinajstić information content (AvgIpc) is 2.89. The lowest BCUT2D eigenvalue weighted by Crippen LogP contribution is -2.52. The van der Waals surface area contributed by atoms with Gasteiger partial charge >= 0.3 is 5.97 Å². The van der Waals surface area contributed by atoms with E-state index in [1.807, 2.05) is 0 Å². The highest BCUT2D eigenvalue weighted by Crippen LogP contribution is 2.34. The summed E-state index contributed by atoms with van der Waals surface area (Å²) < 4.78 is 10.2. The van der Waals surface area contributed by atoms with E-state index in [4.69, 9.17) is 9.47 Å². The molecule has 5 heteroatoms. The highest BCUT2D eigenvalue weighted by atomic mass is 16.5. The lowest BCUT2D eigenvalue weighted by Gasteiger charge is -2.32. The minimum absolute atomic E-state index is 0.124. The number of hydrogen-bond donors (Lipinski definition) is 1. The van der Waals surface area contributed by atoms with E-state index in [1.54, 1.807) is 7.11 Å². The molecule has 0 spiro atoms. The van der Waals surface area contributed by atoms with Crippen molar-refractivity contribution in [3.05, 3.63) is 0 Å². The maximum Gasteiger partial charge on any atom is 0.326 e. The smallest absolute Gasteiger partial charge is 0.326 e. The second-order valence-electron chi connectivity index (χ2n) is 5.87. The molecular weight excluding hydrogens is 256 g/mol. The Hall–Kier alpha value is -0.650. The third-order valence-electron chi connectivity index (χ3n) is 4.46. The van der Waals surface area contributed by atoms with E-state index in [2.05, 4.69) is 31.1 Å². The highest BCUT2D eigenvalue weighted by Gasteiger charge is 2.47. The van der Waals surface area contributed by atoms with E-state index in [0.717, 1.165) is 32.2 Å². The number of nitrogens with zero attached hydrogens (tertiary/aromatic N) is 1. The molecule has 0 aliphatic heterocycles. The predicted octanol–water partition coefficient (Wildman–Crippen LogP) is 1.42. The molecule has 118 valence electrons. The zero-order chi connectivity index (χ0) is 15.2. The van der Waals surface area contributed by atoms with Crippen LogP contribution in [0, 0.1) is 0 Å². The van der Waals surface area contributed by atoms with Gasteiger partial charge in [0, 0.05) is 19.2 Å². The Kier molecular flexibility index (Phi) is 6.92. The number of carbonyl (C=O) groups is 1. The maximum absolute atomic E-state index is 12.2. The van der Waals surface area contributed by atoms with Crippen LogP contribution in [0.4, 0.5) is 0 Å². The first-order valence-electron chi connectivity index (χ1n) is 7.55. The van der Waals surface area contributed by atoms with Crippen molar-refractivity contribution in [3.63, 3.8) is 0 Å². The van der Waals surface area contributed by atoms with Gasteiger partial charge in [0.05, 0.1) is 13.7 Å². The Morgan fingerprint density at radius 1 is 1.50 bits per heavy atom. The van der Waals surface area contributed by atoms with E-state index >= 15 is 0 Å². The highest BCUT2D eigenvalue weighted by molar-refractivity contribution is 5.81. The fourth-order valence-electron chi connectivity index (χ4n) is 3.06. The molecular formula is C15H30N2O3. The summed E-state index contributed by atoms with van der Waals surface area (Å²) in [7, 11) is 5.31. The molecule has 1 saturated carbocycles. The molecule has 0 aromatic rings. The van der Waals surface area contributed by atoms with Crippen molar-refractivity contribution in [2.24, 2.45) is 0 Å².